The summed E-state index contributed by atoms with van der Waals surface area (Å²) in [4.78, 5) is 34.6. The third kappa shape index (κ3) is 5.79. The van der Waals surface area contributed by atoms with E-state index >= 15 is 0 Å². The van der Waals surface area contributed by atoms with Gasteiger partial charge in [0, 0.05) is 60.8 Å². The number of carbonyl (C=O) groups excluding carboxylic acids is 2. The molecule has 2 amide bonds. The largest absolute Gasteiger partial charge is 0.459 e. The summed E-state index contributed by atoms with van der Waals surface area (Å²) in [6.07, 6.45) is 0.302. The molecule has 1 saturated heterocycles. The second kappa shape index (κ2) is 10.2. The van der Waals surface area contributed by atoms with Crippen molar-refractivity contribution in [3.05, 3.63) is 83.4 Å². The fourth-order valence-corrected chi connectivity index (χ4v) is 5.62. The highest BCUT2D eigenvalue weighted by Crippen LogP contribution is 2.56. The van der Waals surface area contributed by atoms with E-state index in [9.17, 15) is 31.5 Å². The van der Waals surface area contributed by atoms with Crippen LogP contribution in [0, 0.1) is 5.41 Å². The van der Waals surface area contributed by atoms with Crippen LogP contribution in [0.4, 0.5) is 27.8 Å². The van der Waals surface area contributed by atoms with Crippen LogP contribution in [-0.4, -0.2) is 45.7 Å². The van der Waals surface area contributed by atoms with E-state index in [1.807, 2.05) is 0 Å². The van der Waals surface area contributed by atoms with Gasteiger partial charge in [-0.3, -0.25) is 14.6 Å². The lowest BCUT2D eigenvalue weighted by atomic mass is 9.61. The molecule has 2 aliphatic rings. The fraction of sp³-hybridized carbons (Fsp3) is 0.267. The fourth-order valence-electron chi connectivity index (χ4n) is 5.62. The minimum Gasteiger partial charge on any atom is -0.459 e. The minimum atomic E-state index is -4.75. The molecular weight excluding hydrogens is 573 g/mol. The molecule has 1 aliphatic carbocycles. The zero-order valence-electron chi connectivity index (χ0n) is 22.4. The number of alkyl halides is 5. The van der Waals surface area contributed by atoms with Crippen molar-refractivity contribution in [2.24, 2.45) is 5.41 Å². The molecule has 1 saturated carbocycles. The normalized spacial score (nSPS) is 17.2. The predicted molar refractivity (Wildman–Crippen MR) is 146 cm³/mol. The lowest BCUT2D eigenvalue weighted by Crippen LogP contribution is -2.66. The van der Waals surface area contributed by atoms with Gasteiger partial charge < -0.3 is 20.4 Å². The van der Waals surface area contributed by atoms with E-state index in [0.29, 0.717) is 11.4 Å². The van der Waals surface area contributed by atoms with Crippen molar-refractivity contribution in [1.29, 1.82) is 0 Å². The first-order valence-corrected chi connectivity index (χ1v) is 13.2. The zero-order chi connectivity index (χ0) is 30.6. The number of furan rings is 1. The molecule has 1 spiro atoms. The van der Waals surface area contributed by atoms with Crippen molar-refractivity contribution < 1.29 is 36.0 Å². The molecule has 222 valence electrons. The summed E-state index contributed by atoms with van der Waals surface area (Å²) in [6.45, 7) is 0.331. The lowest BCUT2D eigenvalue weighted by Gasteiger charge is -2.58. The molecule has 43 heavy (non-hydrogen) atoms. The van der Waals surface area contributed by atoms with Crippen LogP contribution in [0.15, 0.2) is 65.4 Å². The number of anilines is 1. The van der Waals surface area contributed by atoms with Gasteiger partial charge in [-0.1, -0.05) is 0 Å². The topological polar surface area (TPSA) is 114 Å². The van der Waals surface area contributed by atoms with Crippen LogP contribution < -0.4 is 11.1 Å². The number of nitrogens with zero attached hydrogens (tertiary/aromatic N) is 3. The van der Waals surface area contributed by atoms with E-state index < -0.39 is 29.0 Å². The third-order valence-corrected chi connectivity index (χ3v) is 7.56. The Morgan fingerprint density at radius 1 is 1.05 bits per heavy atom. The number of aromatic nitrogens is 2. The number of rotatable bonds is 6. The van der Waals surface area contributed by atoms with Crippen molar-refractivity contribution in [3.63, 3.8) is 0 Å². The molecular formula is C30H24F5N5O3. The molecule has 2 fully saturated rings. The average molecular weight is 598 g/mol. The molecule has 0 radical (unpaired) electrons. The maximum Gasteiger partial charge on any atom is 0.420 e. The standard InChI is InChI=1S/C30H24F5N5O3/c31-29(32)13-28(14-29)15-40(16-28)27(42)18-3-4-23(37-11-18)19-7-20-8-21(43-26(20)22(9-19)30(33,34)35)12-39-25(41)6-2-17-1-5-24(36)38-10-17/h1-11H,12-16H2,(H2,36,38)(H,39,41). The Morgan fingerprint density at radius 3 is 2.44 bits per heavy atom. The molecule has 0 atom stereocenters. The maximum atomic E-state index is 14.0. The quantitative estimate of drug-likeness (QED) is 0.218. The molecule has 8 nitrogen and oxygen atoms in total. The van der Waals surface area contributed by atoms with Crippen molar-refractivity contribution in [1.82, 2.24) is 20.2 Å². The van der Waals surface area contributed by atoms with Crippen LogP contribution in [0.25, 0.3) is 28.3 Å². The average Bonchev–Trinajstić information content (AvgIpc) is 3.34. The van der Waals surface area contributed by atoms with Gasteiger partial charge in [-0.2, -0.15) is 13.2 Å². The molecule has 3 N–H and O–H groups in total. The number of pyridine rings is 2. The number of benzene rings is 1. The van der Waals surface area contributed by atoms with Crippen LogP contribution in [0.5, 0.6) is 0 Å². The second-order valence-corrected chi connectivity index (χ2v) is 11.0. The number of nitrogens with one attached hydrogen (secondary N) is 1. The van der Waals surface area contributed by atoms with E-state index in [4.69, 9.17) is 10.2 Å². The first-order valence-electron chi connectivity index (χ1n) is 13.2. The van der Waals surface area contributed by atoms with Gasteiger partial charge in [-0.25, -0.2) is 13.8 Å². The molecule has 13 heteroatoms. The van der Waals surface area contributed by atoms with Gasteiger partial charge in [0.05, 0.1) is 23.4 Å². The Morgan fingerprint density at radius 2 is 1.81 bits per heavy atom. The van der Waals surface area contributed by atoms with E-state index in [-0.39, 0.29) is 71.9 Å². The summed E-state index contributed by atoms with van der Waals surface area (Å²) in [7, 11) is 0. The number of nitrogen functional groups attached to an aromatic ring is 1. The smallest absolute Gasteiger partial charge is 0.420 e. The highest BCUT2D eigenvalue weighted by molar-refractivity contribution is 5.95. The number of halogens is 5. The number of amides is 2. The number of fused-ring (bicyclic) bond motifs is 1. The molecule has 4 aromatic rings. The van der Waals surface area contributed by atoms with Crippen LogP contribution in [-0.2, 0) is 17.5 Å². The van der Waals surface area contributed by atoms with Crippen molar-refractivity contribution in [2.45, 2.75) is 31.5 Å². The van der Waals surface area contributed by atoms with Crippen LogP contribution >= 0.6 is 0 Å². The molecule has 0 unspecified atom stereocenters. The SMILES string of the molecule is Nc1ccc(C=CC(=O)NCc2cc3cc(-c4ccc(C(=O)N5CC6(C5)CC(F)(F)C6)cn4)cc(C(F)(F)F)c3o2)cn1. The lowest BCUT2D eigenvalue weighted by molar-refractivity contribution is -0.203. The number of hydrogen-bond acceptors (Lipinski definition) is 6. The summed E-state index contributed by atoms with van der Waals surface area (Å²) in [5.74, 6) is -3.09. The van der Waals surface area contributed by atoms with Gasteiger partial charge in [-0.15, -0.1) is 0 Å². The first-order chi connectivity index (χ1) is 20.3. The molecule has 1 aromatic carbocycles. The highest BCUT2D eigenvalue weighted by atomic mass is 19.4. The van der Waals surface area contributed by atoms with Gasteiger partial charge in [0.1, 0.15) is 17.2 Å². The second-order valence-electron chi connectivity index (χ2n) is 11.0. The van der Waals surface area contributed by atoms with Crippen molar-refractivity contribution >= 4 is 34.7 Å². The van der Waals surface area contributed by atoms with Crippen LogP contribution in [0.2, 0.25) is 0 Å². The van der Waals surface area contributed by atoms with Crippen molar-refractivity contribution in [2.75, 3.05) is 18.8 Å². The van der Waals surface area contributed by atoms with Crippen LogP contribution in [0.1, 0.15) is 40.1 Å². The Kier molecular flexibility index (Phi) is 6.70. The minimum absolute atomic E-state index is 0.110. The van der Waals surface area contributed by atoms with E-state index in [1.165, 1.54) is 53.7 Å². The molecule has 0 bridgehead atoms. The van der Waals surface area contributed by atoms with E-state index in [0.717, 1.165) is 6.07 Å². The van der Waals surface area contributed by atoms with Crippen LogP contribution in [0.3, 0.4) is 0 Å². The molecule has 1 aliphatic heterocycles. The van der Waals surface area contributed by atoms with Gasteiger partial charge in [-0.05, 0) is 54.1 Å². The maximum absolute atomic E-state index is 14.0. The summed E-state index contributed by atoms with van der Waals surface area (Å²) in [5.41, 5.74) is 4.80. The first kappa shape index (κ1) is 28.3. The van der Waals surface area contributed by atoms with Crippen molar-refractivity contribution in [3.8, 4) is 11.3 Å². The Bertz CT molecular complexity index is 1730. The van der Waals surface area contributed by atoms with E-state index in [1.54, 1.807) is 12.1 Å². The number of hydrogen-bond donors (Lipinski definition) is 2. The number of likely N-dealkylation sites (tertiary alicyclic amines) is 1. The Labute approximate surface area is 241 Å². The third-order valence-electron chi connectivity index (χ3n) is 7.56. The Balaban J connectivity index is 1.16. The predicted octanol–water partition coefficient (Wildman–Crippen LogP) is 5.69. The molecule has 4 heterocycles. The zero-order valence-corrected chi connectivity index (χ0v) is 22.4. The monoisotopic (exact) mass is 597 g/mol. The van der Waals surface area contributed by atoms with Gasteiger partial charge in [0.15, 0.2) is 0 Å². The Hall–Kier alpha value is -4.81. The van der Waals surface area contributed by atoms with Gasteiger partial charge >= 0.3 is 6.18 Å². The van der Waals surface area contributed by atoms with Gasteiger partial charge in [0.25, 0.3) is 5.91 Å². The molecule has 6 rings (SSSR count). The highest BCUT2D eigenvalue weighted by Gasteiger charge is 2.62. The van der Waals surface area contributed by atoms with E-state index in [2.05, 4.69) is 15.3 Å². The molecule has 3 aromatic heterocycles. The summed E-state index contributed by atoms with van der Waals surface area (Å²) >= 11 is 0. The van der Waals surface area contributed by atoms with Gasteiger partial charge in [0.2, 0.25) is 11.8 Å². The number of carbonyl (C=O) groups is 2. The summed E-state index contributed by atoms with van der Waals surface area (Å²) in [6, 6.07) is 9.93. The summed E-state index contributed by atoms with van der Waals surface area (Å²) in [5, 5.41) is 2.72. The number of nitrogens with two attached hydrogens (primary N) is 1. The summed E-state index contributed by atoms with van der Waals surface area (Å²) < 4.78 is 74.0.